The van der Waals surface area contributed by atoms with Crippen LogP contribution in [0.25, 0.3) is 11.0 Å². The van der Waals surface area contributed by atoms with Gasteiger partial charge in [0.2, 0.25) is 11.1 Å². The van der Waals surface area contributed by atoms with Crippen LogP contribution in [0.2, 0.25) is 0 Å². The minimum absolute atomic E-state index is 0.178. The van der Waals surface area contributed by atoms with Crippen LogP contribution < -0.4 is 11.0 Å². The second kappa shape index (κ2) is 7.37. The van der Waals surface area contributed by atoms with E-state index in [0.717, 1.165) is 4.88 Å². The zero-order chi connectivity index (χ0) is 18.8. The van der Waals surface area contributed by atoms with Gasteiger partial charge in [0.05, 0.1) is 22.8 Å². The number of nitrogens with one attached hydrogen (secondary N) is 3. The Morgan fingerprint density at radius 2 is 2.19 bits per heavy atom. The lowest BCUT2D eigenvalue weighted by Crippen LogP contribution is -2.23. The van der Waals surface area contributed by atoms with Crippen molar-refractivity contribution in [3.05, 3.63) is 51.1 Å². The van der Waals surface area contributed by atoms with Crippen molar-refractivity contribution < 1.29 is 4.79 Å². The minimum atomic E-state index is -0.404. The summed E-state index contributed by atoms with van der Waals surface area (Å²) in [6.07, 6.45) is 0. The van der Waals surface area contributed by atoms with Crippen molar-refractivity contribution in [1.82, 2.24) is 30.2 Å². The molecule has 0 aliphatic heterocycles. The average molecular weight is 401 g/mol. The molecule has 1 atom stereocenters. The van der Waals surface area contributed by atoms with Gasteiger partial charge in [0.1, 0.15) is 0 Å². The first-order valence-electron chi connectivity index (χ1n) is 8.06. The standard InChI is InChI=1S/C16H15N7O2S2/c1-9(27-16-20-21-22-23(16)8-11-3-2-6-26-11)14(24)17-10-4-5-12-13(7-10)19-15(25)18-12/h2-7,9H,8H2,1H3,(H,17,24)(H2,18,19,25). The lowest BCUT2D eigenvalue weighted by Gasteiger charge is -2.11. The topological polar surface area (TPSA) is 121 Å². The van der Waals surface area contributed by atoms with Gasteiger partial charge < -0.3 is 15.3 Å². The highest BCUT2D eigenvalue weighted by Gasteiger charge is 2.19. The smallest absolute Gasteiger partial charge is 0.323 e. The van der Waals surface area contributed by atoms with Crippen molar-refractivity contribution in [2.75, 3.05) is 5.32 Å². The van der Waals surface area contributed by atoms with E-state index in [0.29, 0.717) is 28.4 Å². The molecule has 138 valence electrons. The SMILES string of the molecule is CC(Sc1nnnn1Cc1cccs1)C(=O)Nc1ccc2[nH]c(=O)[nH]c2c1. The van der Waals surface area contributed by atoms with Crippen molar-refractivity contribution in [3.63, 3.8) is 0 Å². The Balaban J connectivity index is 1.43. The second-order valence-corrected chi connectivity index (χ2v) is 8.13. The lowest BCUT2D eigenvalue weighted by atomic mass is 10.2. The fraction of sp³-hybridized carbons (Fsp3) is 0.188. The number of nitrogens with zero attached hydrogens (tertiary/aromatic N) is 4. The van der Waals surface area contributed by atoms with Gasteiger partial charge in [-0.2, -0.15) is 0 Å². The van der Waals surface area contributed by atoms with Crippen molar-refractivity contribution in [2.24, 2.45) is 0 Å². The van der Waals surface area contributed by atoms with E-state index in [1.807, 2.05) is 17.5 Å². The number of imidazole rings is 1. The van der Waals surface area contributed by atoms with Gasteiger partial charge in [-0.15, -0.1) is 16.4 Å². The van der Waals surface area contributed by atoms with E-state index in [1.165, 1.54) is 11.8 Å². The van der Waals surface area contributed by atoms with Gasteiger partial charge in [-0.05, 0) is 47.0 Å². The van der Waals surface area contributed by atoms with E-state index in [1.54, 1.807) is 41.1 Å². The molecule has 0 bridgehead atoms. The van der Waals surface area contributed by atoms with Crippen molar-refractivity contribution in [1.29, 1.82) is 0 Å². The molecule has 0 aliphatic carbocycles. The number of hydrogen-bond acceptors (Lipinski definition) is 7. The summed E-state index contributed by atoms with van der Waals surface area (Å²) in [6, 6.07) is 9.17. The number of aromatic amines is 2. The fourth-order valence-corrected chi connectivity index (χ4v) is 3.97. The van der Waals surface area contributed by atoms with Crippen molar-refractivity contribution >= 4 is 45.7 Å². The van der Waals surface area contributed by atoms with Crippen LogP contribution in [0.1, 0.15) is 11.8 Å². The van der Waals surface area contributed by atoms with Gasteiger partial charge in [0, 0.05) is 10.6 Å². The number of benzene rings is 1. The summed E-state index contributed by atoms with van der Waals surface area (Å²) in [4.78, 5) is 30.3. The molecule has 4 rings (SSSR count). The second-order valence-electron chi connectivity index (χ2n) is 5.79. The summed E-state index contributed by atoms with van der Waals surface area (Å²) in [5.41, 5.74) is 1.65. The maximum absolute atomic E-state index is 12.5. The first kappa shape index (κ1) is 17.5. The molecule has 0 radical (unpaired) electrons. The summed E-state index contributed by atoms with van der Waals surface area (Å²) in [5.74, 6) is -0.178. The molecule has 3 aromatic heterocycles. The molecular weight excluding hydrogens is 386 g/mol. The quantitative estimate of drug-likeness (QED) is 0.425. The molecule has 0 saturated carbocycles. The zero-order valence-corrected chi connectivity index (χ0v) is 15.8. The number of anilines is 1. The van der Waals surface area contributed by atoms with Gasteiger partial charge in [-0.25, -0.2) is 9.48 Å². The van der Waals surface area contributed by atoms with Crippen LogP contribution in [0.5, 0.6) is 0 Å². The molecule has 27 heavy (non-hydrogen) atoms. The number of thiophene rings is 1. The van der Waals surface area contributed by atoms with Gasteiger partial charge >= 0.3 is 5.69 Å². The maximum Gasteiger partial charge on any atom is 0.323 e. The number of hydrogen-bond donors (Lipinski definition) is 3. The first-order valence-corrected chi connectivity index (χ1v) is 9.82. The highest BCUT2D eigenvalue weighted by atomic mass is 32.2. The highest BCUT2D eigenvalue weighted by Crippen LogP contribution is 2.23. The molecule has 3 heterocycles. The summed E-state index contributed by atoms with van der Waals surface area (Å²) in [7, 11) is 0. The Labute approximate surface area is 161 Å². The van der Waals surface area contributed by atoms with Gasteiger partial charge in [0.25, 0.3) is 0 Å². The molecule has 0 saturated heterocycles. The number of thioether (sulfide) groups is 1. The van der Waals surface area contributed by atoms with E-state index < -0.39 is 5.25 Å². The van der Waals surface area contributed by atoms with Crippen LogP contribution >= 0.6 is 23.1 Å². The predicted octanol–water partition coefficient (Wildman–Crippen LogP) is 2.07. The predicted molar refractivity (Wildman–Crippen MR) is 104 cm³/mol. The number of carbonyl (C=O) groups is 1. The molecule has 0 fully saturated rings. The number of aromatic nitrogens is 6. The summed E-state index contributed by atoms with van der Waals surface area (Å²) >= 11 is 2.92. The third-order valence-electron chi connectivity index (χ3n) is 3.82. The maximum atomic E-state index is 12.5. The molecule has 4 aromatic rings. The number of amides is 1. The Bertz CT molecular complexity index is 1130. The first-order chi connectivity index (χ1) is 13.1. The molecule has 0 spiro atoms. The number of fused-ring (bicyclic) bond motifs is 1. The third-order valence-corrected chi connectivity index (χ3v) is 5.75. The summed E-state index contributed by atoms with van der Waals surface area (Å²) in [5, 5.41) is 16.7. The molecule has 0 aliphatic rings. The van der Waals surface area contributed by atoms with Crippen LogP contribution in [-0.2, 0) is 11.3 Å². The summed E-state index contributed by atoms with van der Waals surface area (Å²) < 4.78 is 1.68. The minimum Gasteiger partial charge on any atom is -0.325 e. The largest absolute Gasteiger partial charge is 0.325 e. The van der Waals surface area contributed by atoms with Crippen molar-refractivity contribution in [2.45, 2.75) is 23.9 Å². The molecular formula is C16H15N7O2S2. The molecule has 9 nitrogen and oxygen atoms in total. The fourth-order valence-electron chi connectivity index (χ4n) is 2.50. The number of carbonyl (C=O) groups excluding carboxylic acids is 1. The zero-order valence-electron chi connectivity index (χ0n) is 14.2. The van der Waals surface area contributed by atoms with Crippen LogP contribution in [-0.4, -0.2) is 41.3 Å². The number of H-pyrrole nitrogens is 2. The molecule has 3 N–H and O–H groups in total. The van der Waals surface area contributed by atoms with Crippen LogP contribution in [0.3, 0.4) is 0 Å². The summed E-state index contributed by atoms with van der Waals surface area (Å²) in [6.45, 7) is 2.36. The highest BCUT2D eigenvalue weighted by molar-refractivity contribution is 8.00. The Morgan fingerprint density at radius 3 is 3.00 bits per heavy atom. The number of rotatable bonds is 6. The van der Waals surface area contributed by atoms with Crippen LogP contribution in [0, 0.1) is 0 Å². The monoisotopic (exact) mass is 401 g/mol. The van der Waals surface area contributed by atoms with E-state index in [9.17, 15) is 9.59 Å². The normalized spacial score (nSPS) is 12.3. The number of tetrazole rings is 1. The lowest BCUT2D eigenvalue weighted by molar-refractivity contribution is -0.115. The van der Waals surface area contributed by atoms with Crippen LogP contribution in [0.15, 0.2) is 45.7 Å². The average Bonchev–Trinajstić information content (AvgIpc) is 3.36. The van der Waals surface area contributed by atoms with Crippen molar-refractivity contribution in [3.8, 4) is 0 Å². The van der Waals surface area contributed by atoms with E-state index in [2.05, 4.69) is 30.8 Å². The van der Waals surface area contributed by atoms with Crippen LogP contribution in [0.4, 0.5) is 5.69 Å². The Morgan fingerprint density at radius 1 is 1.33 bits per heavy atom. The van der Waals surface area contributed by atoms with E-state index in [-0.39, 0.29) is 11.6 Å². The molecule has 11 heteroatoms. The van der Waals surface area contributed by atoms with Gasteiger partial charge in [0.15, 0.2) is 0 Å². The Hall–Kier alpha value is -2.92. The van der Waals surface area contributed by atoms with E-state index in [4.69, 9.17) is 0 Å². The van der Waals surface area contributed by atoms with E-state index >= 15 is 0 Å². The molecule has 1 unspecified atom stereocenters. The van der Waals surface area contributed by atoms with Gasteiger partial charge in [-0.3, -0.25) is 4.79 Å². The Kier molecular flexibility index (Phi) is 4.77. The third kappa shape index (κ3) is 3.93. The molecule has 1 amide bonds. The van der Waals surface area contributed by atoms with Gasteiger partial charge in [-0.1, -0.05) is 17.8 Å². The molecule has 1 aromatic carbocycles.